The summed E-state index contributed by atoms with van der Waals surface area (Å²) in [6, 6.07) is 14.1. The summed E-state index contributed by atoms with van der Waals surface area (Å²) in [5.74, 6) is 1.36. The van der Waals surface area contributed by atoms with Crippen LogP contribution in [0.25, 0.3) is 10.2 Å². The van der Waals surface area contributed by atoms with Crippen LogP contribution in [0.2, 0.25) is 0 Å². The van der Waals surface area contributed by atoms with Crippen LogP contribution in [-0.2, 0) is 11.3 Å². The number of likely N-dealkylation sites (tertiary alicyclic amines) is 1. The van der Waals surface area contributed by atoms with E-state index in [1.807, 2.05) is 36.4 Å². The Balaban J connectivity index is 1.37. The number of methoxy groups -OCH3 is 2. The summed E-state index contributed by atoms with van der Waals surface area (Å²) in [7, 11) is 3.22. The van der Waals surface area contributed by atoms with Gasteiger partial charge in [0.15, 0.2) is 11.5 Å². The second-order valence-electron chi connectivity index (χ2n) is 7.11. The molecule has 1 saturated heterocycles. The molecule has 0 spiro atoms. The standard InChI is InChI=1S/C22H25N3O3S/c1-27-18-10-9-15(12-19(18)28-2)13-23-21(26)14-25-11-5-7-17(25)22-24-16-6-3-4-8-20(16)29-22/h3-4,6,8-10,12,17H,5,7,11,13-14H2,1-2H3,(H,23,26)/t17-/m1/s1. The third-order valence-corrected chi connectivity index (χ3v) is 6.38. The summed E-state index contributed by atoms with van der Waals surface area (Å²) < 4.78 is 11.8. The van der Waals surface area contributed by atoms with Gasteiger partial charge in [-0.15, -0.1) is 11.3 Å². The second-order valence-corrected chi connectivity index (χ2v) is 8.18. The van der Waals surface area contributed by atoms with E-state index in [-0.39, 0.29) is 11.9 Å². The molecule has 0 bridgehead atoms. The van der Waals surface area contributed by atoms with Crippen molar-refractivity contribution in [2.75, 3.05) is 27.3 Å². The fourth-order valence-electron chi connectivity index (χ4n) is 3.76. The number of para-hydroxylation sites is 1. The smallest absolute Gasteiger partial charge is 0.234 e. The third-order valence-electron chi connectivity index (χ3n) is 5.24. The average Bonchev–Trinajstić information content (AvgIpc) is 3.38. The number of hydrogen-bond acceptors (Lipinski definition) is 6. The molecule has 1 fully saturated rings. The number of hydrogen-bond donors (Lipinski definition) is 1. The number of benzene rings is 2. The van der Waals surface area contributed by atoms with Gasteiger partial charge in [-0.25, -0.2) is 4.98 Å². The van der Waals surface area contributed by atoms with Crippen molar-refractivity contribution < 1.29 is 14.3 Å². The van der Waals surface area contributed by atoms with E-state index >= 15 is 0 Å². The van der Waals surface area contributed by atoms with Gasteiger partial charge in [0.05, 0.1) is 37.0 Å². The zero-order valence-electron chi connectivity index (χ0n) is 16.7. The average molecular weight is 412 g/mol. The predicted octanol–water partition coefficient (Wildman–Crippen LogP) is 3.77. The van der Waals surface area contributed by atoms with Gasteiger partial charge in [0.2, 0.25) is 5.91 Å². The number of fused-ring (bicyclic) bond motifs is 1. The van der Waals surface area contributed by atoms with Crippen molar-refractivity contribution in [2.24, 2.45) is 0 Å². The zero-order chi connectivity index (χ0) is 20.2. The van der Waals surface area contributed by atoms with Crippen LogP contribution in [0.15, 0.2) is 42.5 Å². The summed E-state index contributed by atoms with van der Waals surface area (Å²) in [5.41, 5.74) is 2.01. The lowest BCUT2D eigenvalue weighted by molar-refractivity contribution is -0.122. The first-order valence-corrected chi connectivity index (χ1v) is 10.6. The van der Waals surface area contributed by atoms with Crippen molar-refractivity contribution in [3.8, 4) is 11.5 Å². The summed E-state index contributed by atoms with van der Waals surface area (Å²) >= 11 is 1.73. The van der Waals surface area contributed by atoms with Crippen molar-refractivity contribution in [3.05, 3.63) is 53.0 Å². The molecule has 1 aliphatic rings. The number of ether oxygens (including phenoxy) is 2. The topological polar surface area (TPSA) is 63.7 Å². The molecule has 2 heterocycles. The molecule has 1 atom stereocenters. The molecule has 1 N–H and O–H groups in total. The molecule has 0 saturated carbocycles. The van der Waals surface area contributed by atoms with Crippen molar-refractivity contribution in [2.45, 2.75) is 25.4 Å². The Morgan fingerprint density at radius 2 is 2.03 bits per heavy atom. The van der Waals surface area contributed by atoms with Gasteiger partial charge in [0, 0.05) is 6.54 Å². The highest BCUT2D eigenvalue weighted by Crippen LogP contribution is 2.36. The van der Waals surface area contributed by atoms with Crippen molar-refractivity contribution in [1.82, 2.24) is 15.2 Å². The molecule has 6 nitrogen and oxygen atoms in total. The molecule has 29 heavy (non-hydrogen) atoms. The lowest BCUT2D eigenvalue weighted by Gasteiger charge is -2.22. The fourth-order valence-corrected chi connectivity index (χ4v) is 4.90. The van der Waals surface area contributed by atoms with Gasteiger partial charge in [-0.05, 0) is 49.2 Å². The van der Waals surface area contributed by atoms with Crippen LogP contribution >= 0.6 is 11.3 Å². The van der Waals surface area contributed by atoms with Crippen LogP contribution in [0, 0.1) is 0 Å². The highest BCUT2D eigenvalue weighted by Gasteiger charge is 2.29. The van der Waals surface area contributed by atoms with Gasteiger partial charge in [-0.1, -0.05) is 18.2 Å². The Hall–Kier alpha value is -2.64. The Labute approximate surface area is 174 Å². The fraction of sp³-hybridized carbons (Fsp3) is 0.364. The number of carbonyl (C=O) groups excluding carboxylic acids is 1. The Morgan fingerprint density at radius 3 is 2.83 bits per heavy atom. The molecular formula is C22H25N3O3S. The van der Waals surface area contributed by atoms with E-state index in [0.717, 1.165) is 35.5 Å². The number of nitrogens with zero attached hydrogens (tertiary/aromatic N) is 2. The van der Waals surface area contributed by atoms with Gasteiger partial charge >= 0.3 is 0 Å². The first-order valence-electron chi connectivity index (χ1n) is 9.75. The molecule has 0 aliphatic carbocycles. The summed E-state index contributed by atoms with van der Waals surface area (Å²) in [5, 5.41) is 4.13. The van der Waals surface area contributed by atoms with Crippen LogP contribution in [0.3, 0.4) is 0 Å². The van der Waals surface area contributed by atoms with Crippen LogP contribution in [-0.4, -0.2) is 43.1 Å². The molecule has 4 rings (SSSR count). The zero-order valence-corrected chi connectivity index (χ0v) is 17.5. The van der Waals surface area contributed by atoms with E-state index in [4.69, 9.17) is 14.5 Å². The lowest BCUT2D eigenvalue weighted by atomic mass is 10.2. The lowest BCUT2D eigenvalue weighted by Crippen LogP contribution is -2.36. The maximum Gasteiger partial charge on any atom is 0.234 e. The summed E-state index contributed by atoms with van der Waals surface area (Å²) in [6.45, 7) is 1.76. The monoisotopic (exact) mass is 411 g/mol. The van der Waals surface area contributed by atoms with Gasteiger partial charge in [-0.2, -0.15) is 0 Å². The quantitative estimate of drug-likeness (QED) is 0.641. The number of amides is 1. The van der Waals surface area contributed by atoms with E-state index in [1.54, 1.807) is 25.6 Å². The first-order chi connectivity index (χ1) is 14.2. The maximum absolute atomic E-state index is 12.6. The van der Waals surface area contributed by atoms with E-state index < -0.39 is 0 Å². The predicted molar refractivity (Wildman–Crippen MR) is 115 cm³/mol. The Bertz CT molecular complexity index is 971. The van der Waals surface area contributed by atoms with Crippen LogP contribution < -0.4 is 14.8 Å². The molecule has 1 aromatic heterocycles. The molecule has 2 aromatic carbocycles. The number of nitrogens with one attached hydrogen (secondary N) is 1. The van der Waals surface area contributed by atoms with Crippen LogP contribution in [0.1, 0.15) is 29.5 Å². The molecule has 0 radical (unpaired) electrons. The summed E-state index contributed by atoms with van der Waals surface area (Å²) in [4.78, 5) is 19.6. The van der Waals surface area contributed by atoms with Gasteiger partial charge in [-0.3, -0.25) is 9.69 Å². The van der Waals surface area contributed by atoms with E-state index in [9.17, 15) is 4.79 Å². The highest BCUT2D eigenvalue weighted by atomic mass is 32.1. The summed E-state index contributed by atoms with van der Waals surface area (Å²) in [6.07, 6.45) is 2.13. The third kappa shape index (κ3) is 4.36. The minimum absolute atomic E-state index is 0.0211. The first kappa shape index (κ1) is 19.7. The van der Waals surface area contributed by atoms with E-state index in [1.165, 1.54) is 4.70 Å². The molecule has 152 valence electrons. The second kappa shape index (κ2) is 8.80. The molecule has 1 amide bonds. The Kier molecular flexibility index (Phi) is 5.97. The van der Waals surface area contributed by atoms with Gasteiger partial charge in [0.25, 0.3) is 0 Å². The maximum atomic E-state index is 12.6. The van der Waals surface area contributed by atoms with Crippen LogP contribution in [0.5, 0.6) is 11.5 Å². The van der Waals surface area contributed by atoms with Crippen molar-refractivity contribution in [3.63, 3.8) is 0 Å². The molecule has 7 heteroatoms. The van der Waals surface area contributed by atoms with Crippen molar-refractivity contribution >= 4 is 27.5 Å². The molecule has 3 aromatic rings. The minimum Gasteiger partial charge on any atom is -0.493 e. The number of aromatic nitrogens is 1. The van der Waals surface area contributed by atoms with Crippen molar-refractivity contribution in [1.29, 1.82) is 0 Å². The SMILES string of the molecule is COc1ccc(CNC(=O)CN2CCC[C@@H]2c2nc3ccccc3s2)cc1OC. The van der Waals surface area contributed by atoms with Gasteiger partial charge in [0.1, 0.15) is 5.01 Å². The molecule has 1 aliphatic heterocycles. The number of thiazole rings is 1. The minimum atomic E-state index is 0.0211. The molecular weight excluding hydrogens is 386 g/mol. The number of rotatable bonds is 7. The van der Waals surface area contributed by atoms with E-state index in [0.29, 0.717) is 24.6 Å². The normalized spacial score (nSPS) is 16.8. The largest absolute Gasteiger partial charge is 0.493 e. The molecule has 0 unspecified atom stereocenters. The van der Waals surface area contributed by atoms with Crippen LogP contribution in [0.4, 0.5) is 0 Å². The number of carbonyl (C=O) groups is 1. The van der Waals surface area contributed by atoms with Gasteiger partial charge < -0.3 is 14.8 Å². The Morgan fingerprint density at radius 1 is 1.21 bits per heavy atom. The highest BCUT2D eigenvalue weighted by molar-refractivity contribution is 7.18. The van der Waals surface area contributed by atoms with E-state index in [2.05, 4.69) is 16.3 Å².